The number of nitrogens with one attached hydrogen (secondary N) is 1. The average Bonchev–Trinajstić information content (AvgIpc) is 3.13. The SMILES string of the molecule is COc1ccc(CNC(=O)COC(=O)/C=C/c2ccc([N+](=O)[O-])o2)cc1. The van der Waals surface area contributed by atoms with Gasteiger partial charge in [-0.25, -0.2) is 4.79 Å². The Labute approximate surface area is 148 Å². The number of benzene rings is 1. The van der Waals surface area contributed by atoms with Crippen LogP contribution in [0.2, 0.25) is 0 Å². The minimum absolute atomic E-state index is 0.123. The summed E-state index contributed by atoms with van der Waals surface area (Å²) in [7, 11) is 1.56. The Hall–Kier alpha value is -3.62. The Morgan fingerprint density at radius 3 is 2.58 bits per heavy atom. The van der Waals surface area contributed by atoms with Gasteiger partial charge in [-0.3, -0.25) is 14.9 Å². The highest BCUT2D eigenvalue weighted by Gasteiger charge is 2.10. The number of esters is 1. The first-order chi connectivity index (χ1) is 12.5. The van der Waals surface area contributed by atoms with Crippen LogP contribution in [0.4, 0.5) is 5.88 Å². The van der Waals surface area contributed by atoms with Crippen LogP contribution >= 0.6 is 0 Å². The van der Waals surface area contributed by atoms with Crippen LogP contribution in [-0.4, -0.2) is 30.5 Å². The molecule has 1 aromatic carbocycles. The van der Waals surface area contributed by atoms with E-state index in [0.717, 1.165) is 17.7 Å². The van der Waals surface area contributed by atoms with Crippen molar-refractivity contribution in [1.29, 1.82) is 0 Å². The fourth-order valence-electron chi connectivity index (χ4n) is 1.86. The van der Waals surface area contributed by atoms with Crippen molar-refractivity contribution in [3.8, 4) is 5.75 Å². The lowest BCUT2D eigenvalue weighted by Crippen LogP contribution is -2.28. The zero-order valence-corrected chi connectivity index (χ0v) is 13.8. The van der Waals surface area contributed by atoms with Crippen LogP contribution in [-0.2, 0) is 20.9 Å². The van der Waals surface area contributed by atoms with E-state index in [0.29, 0.717) is 5.75 Å². The molecule has 0 aliphatic carbocycles. The predicted molar refractivity (Wildman–Crippen MR) is 90.2 cm³/mol. The van der Waals surface area contributed by atoms with E-state index in [2.05, 4.69) is 5.32 Å². The van der Waals surface area contributed by atoms with Gasteiger partial charge in [0, 0.05) is 12.6 Å². The lowest BCUT2D eigenvalue weighted by molar-refractivity contribution is -0.402. The Morgan fingerprint density at radius 2 is 1.96 bits per heavy atom. The number of ether oxygens (including phenoxy) is 2. The highest BCUT2D eigenvalue weighted by molar-refractivity contribution is 5.88. The fraction of sp³-hybridized carbons (Fsp3) is 0.176. The Bertz CT molecular complexity index is 809. The lowest BCUT2D eigenvalue weighted by Gasteiger charge is -2.06. The van der Waals surface area contributed by atoms with Gasteiger partial charge in [0.15, 0.2) is 6.61 Å². The summed E-state index contributed by atoms with van der Waals surface area (Å²) < 4.78 is 14.7. The number of hydrogen-bond acceptors (Lipinski definition) is 7. The van der Waals surface area contributed by atoms with Crippen LogP contribution in [0.3, 0.4) is 0 Å². The Balaban J connectivity index is 1.72. The molecule has 0 fully saturated rings. The van der Waals surface area contributed by atoms with E-state index in [1.54, 1.807) is 31.4 Å². The van der Waals surface area contributed by atoms with Crippen LogP contribution in [0.1, 0.15) is 11.3 Å². The molecule has 0 spiro atoms. The summed E-state index contributed by atoms with van der Waals surface area (Å²) in [6, 6.07) is 9.64. The third-order valence-electron chi connectivity index (χ3n) is 3.17. The number of carbonyl (C=O) groups is 2. The quantitative estimate of drug-likeness (QED) is 0.331. The maximum Gasteiger partial charge on any atom is 0.433 e. The second-order valence-corrected chi connectivity index (χ2v) is 5.00. The van der Waals surface area contributed by atoms with Crippen LogP contribution in [0.5, 0.6) is 5.75 Å². The standard InChI is InChI=1S/C17H16N2O7/c1-24-13-4-2-12(3-5-13)10-18-15(20)11-25-17(21)9-7-14-6-8-16(26-14)19(22)23/h2-9H,10-11H2,1H3,(H,18,20)/b9-7+. The van der Waals surface area contributed by atoms with Crippen LogP contribution in [0, 0.1) is 10.1 Å². The minimum Gasteiger partial charge on any atom is -0.497 e. The molecule has 9 heteroatoms. The van der Waals surface area contributed by atoms with E-state index in [4.69, 9.17) is 13.9 Å². The van der Waals surface area contributed by atoms with Crippen molar-refractivity contribution in [3.63, 3.8) is 0 Å². The van der Waals surface area contributed by atoms with Crippen molar-refractivity contribution in [2.75, 3.05) is 13.7 Å². The zero-order valence-electron chi connectivity index (χ0n) is 13.8. The maximum atomic E-state index is 11.7. The molecule has 2 rings (SSSR count). The molecule has 1 heterocycles. The van der Waals surface area contributed by atoms with Gasteiger partial charge in [-0.15, -0.1) is 0 Å². The van der Waals surface area contributed by atoms with Crippen LogP contribution in [0.25, 0.3) is 6.08 Å². The van der Waals surface area contributed by atoms with Gasteiger partial charge in [-0.05, 0) is 29.8 Å². The summed E-state index contributed by atoms with van der Waals surface area (Å²) in [5.74, 6) is -0.837. The third-order valence-corrected chi connectivity index (χ3v) is 3.17. The van der Waals surface area contributed by atoms with Gasteiger partial charge in [-0.1, -0.05) is 12.1 Å². The molecular weight excluding hydrogens is 344 g/mol. The van der Waals surface area contributed by atoms with E-state index < -0.39 is 29.3 Å². The van der Waals surface area contributed by atoms with E-state index in [1.807, 2.05) is 0 Å². The first kappa shape index (κ1) is 18.7. The molecule has 1 N–H and O–H groups in total. The molecule has 0 atom stereocenters. The molecule has 1 amide bonds. The summed E-state index contributed by atoms with van der Waals surface area (Å²) in [5, 5.41) is 13.1. The number of nitro groups is 1. The van der Waals surface area contributed by atoms with E-state index >= 15 is 0 Å². The van der Waals surface area contributed by atoms with E-state index in [-0.39, 0.29) is 12.3 Å². The summed E-state index contributed by atoms with van der Waals surface area (Å²) in [6.45, 7) is -0.163. The van der Waals surface area contributed by atoms with Gasteiger partial charge in [-0.2, -0.15) is 0 Å². The summed E-state index contributed by atoms with van der Waals surface area (Å²) in [6.07, 6.45) is 2.23. The number of hydrogen-bond donors (Lipinski definition) is 1. The fourth-order valence-corrected chi connectivity index (χ4v) is 1.86. The van der Waals surface area contributed by atoms with Crippen molar-refractivity contribution in [3.05, 3.63) is 63.9 Å². The van der Waals surface area contributed by atoms with Gasteiger partial charge in [0.2, 0.25) is 0 Å². The van der Waals surface area contributed by atoms with Gasteiger partial charge < -0.3 is 19.2 Å². The van der Waals surface area contributed by atoms with Gasteiger partial charge in [0.1, 0.15) is 16.4 Å². The summed E-state index contributed by atoms with van der Waals surface area (Å²) in [4.78, 5) is 33.0. The molecule has 2 aromatic rings. The second-order valence-electron chi connectivity index (χ2n) is 5.00. The molecule has 0 aliphatic heterocycles. The molecule has 0 saturated carbocycles. The number of furan rings is 1. The Morgan fingerprint density at radius 1 is 1.23 bits per heavy atom. The number of carbonyl (C=O) groups excluding carboxylic acids is 2. The molecule has 1 aromatic heterocycles. The van der Waals surface area contributed by atoms with Crippen molar-refractivity contribution in [2.45, 2.75) is 6.54 Å². The van der Waals surface area contributed by atoms with Crippen LogP contribution < -0.4 is 10.1 Å². The number of amides is 1. The average molecular weight is 360 g/mol. The van der Waals surface area contributed by atoms with Crippen LogP contribution in [0.15, 0.2) is 46.9 Å². The van der Waals surface area contributed by atoms with E-state index in [9.17, 15) is 19.7 Å². The molecule has 0 unspecified atom stereocenters. The number of nitrogens with zero attached hydrogens (tertiary/aromatic N) is 1. The molecule has 0 aliphatic rings. The first-order valence-corrected chi connectivity index (χ1v) is 7.46. The minimum atomic E-state index is -0.774. The second kappa shape index (κ2) is 9.02. The zero-order chi connectivity index (χ0) is 18.9. The summed E-state index contributed by atoms with van der Waals surface area (Å²) >= 11 is 0. The van der Waals surface area contributed by atoms with Crippen molar-refractivity contribution >= 4 is 23.8 Å². The topological polar surface area (TPSA) is 121 Å². The van der Waals surface area contributed by atoms with Gasteiger partial charge in [0.25, 0.3) is 5.91 Å². The smallest absolute Gasteiger partial charge is 0.433 e. The molecule has 0 radical (unpaired) electrons. The Kier molecular flexibility index (Phi) is 6.49. The highest BCUT2D eigenvalue weighted by atomic mass is 16.6. The van der Waals surface area contributed by atoms with Gasteiger partial charge in [0.05, 0.1) is 13.2 Å². The molecule has 136 valence electrons. The molecule has 0 bridgehead atoms. The first-order valence-electron chi connectivity index (χ1n) is 7.46. The molecule has 0 saturated heterocycles. The van der Waals surface area contributed by atoms with Crippen molar-refractivity contribution < 1.29 is 28.4 Å². The molecule has 26 heavy (non-hydrogen) atoms. The van der Waals surface area contributed by atoms with Crippen molar-refractivity contribution in [1.82, 2.24) is 5.32 Å². The third kappa shape index (κ3) is 5.78. The largest absolute Gasteiger partial charge is 0.497 e. The normalized spacial score (nSPS) is 10.5. The highest BCUT2D eigenvalue weighted by Crippen LogP contribution is 2.16. The summed E-state index contributed by atoms with van der Waals surface area (Å²) in [5.41, 5.74) is 0.866. The molecular formula is C17H16N2O7. The molecule has 9 nitrogen and oxygen atoms in total. The predicted octanol–water partition coefficient (Wildman–Crippen LogP) is 2.07. The monoisotopic (exact) mass is 360 g/mol. The number of methoxy groups -OCH3 is 1. The van der Waals surface area contributed by atoms with Gasteiger partial charge >= 0.3 is 11.9 Å². The van der Waals surface area contributed by atoms with E-state index in [1.165, 1.54) is 12.1 Å². The van der Waals surface area contributed by atoms with Crippen molar-refractivity contribution in [2.24, 2.45) is 0 Å². The number of rotatable bonds is 8. The maximum absolute atomic E-state index is 11.7. The lowest BCUT2D eigenvalue weighted by atomic mass is 10.2.